The Morgan fingerprint density at radius 1 is 1.60 bits per heavy atom. The molecule has 1 N–H and O–H groups in total. The second kappa shape index (κ2) is 5.39. The summed E-state index contributed by atoms with van der Waals surface area (Å²) in [6, 6.07) is 0.0892. The minimum atomic E-state index is -2.45. The molecule has 0 unspecified atom stereocenters. The Hall–Kier alpha value is -0.710. The van der Waals surface area contributed by atoms with Crippen molar-refractivity contribution in [2.75, 3.05) is 20.1 Å². The minimum Gasteiger partial charge on any atom is -0.340 e. The summed E-state index contributed by atoms with van der Waals surface area (Å²) in [7, 11) is 1.44. The maximum absolute atomic E-state index is 12.1. The molecule has 1 heterocycles. The minimum absolute atomic E-state index is 0.0892. The first-order valence-electron chi connectivity index (χ1n) is 5.29. The summed E-state index contributed by atoms with van der Waals surface area (Å²) in [6.07, 6.45) is -0.727. The zero-order valence-electron chi connectivity index (χ0n) is 9.17. The lowest BCUT2D eigenvalue weighted by atomic mass is 9.91. The monoisotopic (exact) mass is 220 g/mol. The molecule has 0 aromatic rings. The van der Waals surface area contributed by atoms with E-state index in [9.17, 15) is 13.6 Å². The molecule has 1 aliphatic rings. The third-order valence-electron chi connectivity index (χ3n) is 2.87. The summed E-state index contributed by atoms with van der Waals surface area (Å²) >= 11 is 0. The van der Waals surface area contributed by atoms with E-state index in [0.717, 1.165) is 24.3 Å². The van der Waals surface area contributed by atoms with E-state index >= 15 is 0 Å². The van der Waals surface area contributed by atoms with E-state index in [1.165, 1.54) is 7.05 Å². The van der Waals surface area contributed by atoms with Crippen LogP contribution in [0.25, 0.3) is 0 Å². The van der Waals surface area contributed by atoms with E-state index in [-0.39, 0.29) is 17.9 Å². The van der Waals surface area contributed by atoms with Crippen molar-refractivity contribution in [2.45, 2.75) is 32.2 Å². The summed E-state index contributed by atoms with van der Waals surface area (Å²) in [5.41, 5.74) is 0. The predicted molar refractivity (Wildman–Crippen MR) is 53.8 cm³/mol. The zero-order chi connectivity index (χ0) is 11.4. The summed E-state index contributed by atoms with van der Waals surface area (Å²) in [4.78, 5) is 12.9. The van der Waals surface area contributed by atoms with Crippen LogP contribution < -0.4 is 5.32 Å². The van der Waals surface area contributed by atoms with Crippen LogP contribution in [0.1, 0.15) is 19.8 Å². The first-order valence-corrected chi connectivity index (χ1v) is 5.29. The van der Waals surface area contributed by atoms with E-state index in [0.29, 0.717) is 0 Å². The molecular formula is C10H18F2N2O. The normalized spacial score (nSPS) is 26.7. The lowest BCUT2D eigenvalue weighted by Crippen LogP contribution is -2.48. The molecule has 0 saturated carbocycles. The van der Waals surface area contributed by atoms with Crippen LogP contribution in [-0.2, 0) is 4.79 Å². The molecule has 1 aliphatic heterocycles. The number of rotatable bonds is 3. The highest BCUT2D eigenvalue weighted by molar-refractivity contribution is 5.79. The molecule has 0 aromatic heterocycles. The summed E-state index contributed by atoms with van der Waals surface area (Å²) in [6.45, 7) is 2.36. The van der Waals surface area contributed by atoms with E-state index in [2.05, 4.69) is 5.32 Å². The number of carbonyl (C=O) groups excluding carboxylic acids is 1. The number of amides is 1. The van der Waals surface area contributed by atoms with Crippen LogP contribution >= 0.6 is 0 Å². The molecule has 0 aromatic carbocycles. The molecule has 88 valence electrons. The van der Waals surface area contributed by atoms with Crippen molar-refractivity contribution in [3.05, 3.63) is 0 Å². The van der Waals surface area contributed by atoms with Gasteiger partial charge in [0.2, 0.25) is 5.91 Å². The highest BCUT2D eigenvalue weighted by atomic mass is 19.3. The smallest absolute Gasteiger partial charge is 0.255 e. The molecule has 0 radical (unpaired) electrons. The van der Waals surface area contributed by atoms with Gasteiger partial charge in [0, 0.05) is 13.1 Å². The number of nitrogens with one attached hydrogen (secondary N) is 1. The van der Waals surface area contributed by atoms with Crippen molar-refractivity contribution in [1.82, 2.24) is 10.2 Å². The van der Waals surface area contributed by atoms with Crippen LogP contribution in [-0.4, -0.2) is 43.4 Å². The molecule has 15 heavy (non-hydrogen) atoms. The third-order valence-corrected chi connectivity index (χ3v) is 2.87. The van der Waals surface area contributed by atoms with Crippen molar-refractivity contribution in [2.24, 2.45) is 5.92 Å². The second-order valence-electron chi connectivity index (χ2n) is 4.10. The fraction of sp³-hybridized carbons (Fsp3) is 0.900. The standard InChI is InChI=1S/C10H18F2N2O/c1-7-8(4-3-5-13-7)10(15)14(2)6-9(11)12/h7-9,13H,3-6H2,1-2H3/t7-,8-/m1/s1. The van der Waals surface area contributed by atoms with Gasteiger partial charge >= 0.3 is 0 Å². The van der Waals surface area contributed by atoms with Crippen LogP contribution in [0.5, 0.6) is 0 Å². The predicted octanol–water partition coefficient (Wildman–Crippen LogP) is 1.10. The Morgan fingerprint density at radius 3 is 2.80 bits per heavy atom. The first kappa shape index (κ1) is 12.4. The average Bonchev–Trinajstić information content (AvgIpc) is 2.16. The molecular weight excluding hydrogens is 202 g/mol. The molecule has 1 fully saturated rings. The second-order valence-corrected chi connectivity index (χ2v) is 4.10. The number of hydrogen-bond acceptors (Lipinski definition) is 2. The van der Waals surface area contributed by atoms with Gasteiger partial charge in [0.15, 0.2) is 0 Å². The lowest BCUT2D eigenvalue weighted by molar-refractivity contribution is -0.137. The summed E-state index contributed by atoms with van der Waals surface area (Å²) in [5.74, 6) is -0.322. The van der Waals surface area contributed by atoms with Gasteiger partial charge in [-0.3, -0.25) is 4.79 Å². The van der Waals surface area contributed by atoms with Crippen molar-refractivity contribution in [3.63, 3.8) is 0 Å². The van der Waals surface area contributed by atoms with Crippen LogP contribution in [0.4, 0.5) is 8.78 Å². The van der Waals surface area contributed by atoms with Crippen molar-refractivity contribution in [3.8, 4) is 0 Å². The molecule has 0 spiro atoms. The highest BCUT2D eigenvalue weighted by Crippen LogP contribution is 2.18. The van der Waals surface area contributed by atoms with Crippen LogP contribution in [0.3, 0.4) is 0 Å². The van der Waals surface area contributed by atoms with E-state index in [4.69, 9.17) is 0 Å². The van der Waals surface area contributed by atoms with Gasteiger partial charge in [0.25, 0.3) is 6.43 Å². The third kappa shape index (κ3) is 3.41. The van der Waals surface area contributed by atoms with Gasteiger partial charge < -0.3 is 10.2 Å². The van der Waals surface area contributed by atoms with Crippen LogP contribution in [0, 0.1) is 5.92 Å². The van der Waals surface area contributed by atoms with Crippen LogP contribution in [0.15, 0.2) is 0 Å². The maximum atomic E-state index is 12.1. The Labute approximate surface area is 88.8 Å². The van der Waals surface area contributed by atoms with Gasteiger partial charge in [-0.25, -0.2) is 8.78 Å². The number of hydrogen-bond donors (Lipinski definition) is 1. The number of piperidine rings is 1. The van der Waals surface area contributed by atoms with Crippen molar-refractivity contribution >= 4 is 5.91 Å². The molecule has 1 amide bonds. The molecule has 5 heteroatoms. The molecule has 1 saturated heterocycles. The summed E-state index contributed by atoms with van der Waals surface area (Å²) in [5, 5.41) is 3.19. The zero-order valence-corrected chi connectivity index (χ0v) is 9.17. The Morgan fingerprint density at radius 2 is 2.27 bits per heavy atom. The molecule has 1 rings (SSSR count). The van der Waals surface area contributed by atoms with Gasteiger partial charge in [-0.1, -0.05) is 0 Å². The van der Waals surface area contributed by atoms with E-state index in [1.807, 2.05) is 6.92 Å². The Balaban J connectivity index is 2.50. The van der Waals surface area contributed by atoms with Gasteiger partial charge in [0.1, 0.15) is 0 Å². The molecule has 3 nitrogen and oxygen atoms in total. The highest BCUT2D eigenvalue weighted by Gasteiger charge is 2.30. The van der Waals surface area contributed by atoms with Gasteiger partial charge in [-0.15, -0.1) is 0 Å². The fourth-order valence-electron chi connectivity index (χ4n) is 1.96. The molecule has 0 aliphatic carbocycles. The van der Waals surface area contributed by atoms with Crippen LogP contribution in [0.2, 0.25) is 0 Å². The van der Waals surface area contributed by atoms with E-state index < -0.39 is 13.0 Å². The van der Waals surface area contributed by atoms with Gasteiger partial charge in [-0.2, -0.15) is 0 Å². The molecule has 0 bridgehead atoms. The van der Waals surface area contributed by atoms with Crippen molar-refractivity contribution < 1.29 is 13.6 Å². The molecule has 2 atom stereocenters. The fourth-order valence-corrected chi connectivity index (χ4v) is 1.96. The Bertz CT molecular complexity index is 223. The van der Waals surface area contributed by atoms with Gasteiger partial charge in [0.05, 0.1) is 12.5 Å². The maximum Gasteiger partial charge on any atom is 0.255 e. The SMILES string of the molecule is C[C@H]1NCCC[C@H]1C(=O)N(C)CC(F)F. The summed E-state index contributed by atoms with van der Waals surface area (Å²) < 4.78 is 24.2. The number of alkyl halides is 2. The largest absolute Gasteiger partial charge is 0.340 e. The Kier molecular flexibility index (Phi) is 4.45. The van der Waals surface area contributed by atoms with Gasteiger partial charge in [-0.05, 0) is 26.3 Å². The lowest BCUT2D eigenvalue weighted by Gasteiger charge is -2.32. The quantitative estimate of drug-likeness (QED) is 0.772. The average molecular weight is 220 g/mol. The first-order chi connectivity index (χ1) is 7.02. The number of carbonyl (C=O) groups is 1. The topological polar surface area (TPSA) is 32.3 Å². The number of halogens is 2. The number of nitrogens with zero attached hydrogens (tertiary/aromatic N) is 1. The van der Waals surface area contributed by atoms with E-state index in [1.54, 1.807) is 0 Å². The van der Waals surface area contributed by atoms with Crippen molar-refractivity contribution in [1.29, 1.82) is 0 Å².